The molecule has 1 unspecified atom stereocenters. The van der Waals surface area contributed by atoms with Crippen molar-refractivity contribution in [1.29, 1.82) is 0 Å². The van der Waals surface area contributed by atoms with Gasteiger partial charge in [-0.2, -0.15) is 0 Å². The number of hydrogen-bond acceptors (Lipinski definition) is 9. The first-order valence-electron chi connectivity index (χ1n) is 12.2. The molecule has 0 radical (unpaired) electrons. The number of aromatic hydroxyl groups is 1. The highest BCUT2D eigenvalue weighted by molar-refractivity contribution is 7.92. The Bertz CT molecular complexity index is 1570. The summed E-state index contributed by atoms with van der Waals surface area (Å²) in [5.41, 5.74) is 0.734. The van der Waals surface area contributed by atoms with Crippen LogP contribution in [0.2, 0.25) is 0 Å². The third-order valence-electron chi connectivity index (χ3n) is 6.27. The molecule has 210 valence electrons. The van der Waals surface area contributed by atoms with Crippen LogP contribution in [-0.4, -0.2) is 49.4 Å². The number of ether oxygens (including phenoxy) is 1. The molecule has 3 aromatic carbocycles. The number of phenolic OH excluding ortho intramolecular Hbond substituents is 1. The number of rotatable bonds is 11. The molecule has 0 aliphatic heterocycles. The van der Waals surface area contributed by atoms with Crippen LogP contribution < -0.4 is 20.1 Å². The molecule has 0 saturated carbocycles. The highest BCUT2D eigenvalue weighted by Crippen LogP contribution is 2.30. The predicted octanol–water partition coefficient (Wildman–Crippen LogP) is 3.60. The molecule has 5 N–H and O–H groups in total. The van der Waals surface area contributed by atoms with Crippen LogP contribution in [0, 0.1) is 0 Å². The third-order valence-corrected chi connectivity index (χ3v) is 6.86. The van der Waals surface area contributed by atoms with Gasteiger partial charge in [-0.05, 0) is 60.5 Å². The van der Waals surface area contributed by atoms with Crippen molar-refractivity contribution < 1.29 is 32.6 Å². The maximum Gasteiger partial charge on any atom is 0.249 e. The smallest absolute Gasteiger partial charge is 0.249 e. The number of anilines is 2. The van der Waals surface area contributed by atoms with E-state index < -0.39 is 27.6 Å². The van der Waals surface area contributed by atoms with Crippen molar-refractivity contribution in [2.75, 3.05) is 29.9 Å². The highest BCUT2D eigenvalue weighted by Gasteiger charge is 2.36. The van der Waals surface area contributed by atoms with E-state index in [4.69, 9.17) is 9.15 Å². The molecule has 2 atom stereocenters. The minimum Gasteiger partial charge on any atom is -0.506 e. The van der Waals surface area contributed by atoms with Crippen LogP contribution in [-0.2, 0) is 20.4 Å². The van der Waals surface area contributed by atoms with E-state index in [1.54, 1.807) is 56.5 Å². The summed E-state index contributed by atoms with van der Waals surface area (Å²) in [4.78, 5) is 17.9. The number of sulfonamides is 1. The van der Waals surface area contributed by atoms with E-state index in [2.05, 4.69) is 20.3 Å². The monoisotopic (exact) mass is 566 g/mol. The lowest BCUT2D eigenvalue weighted by atomic mass is 9.90. The molecule has 0 saturated heterocycles. The van der Waals surface area contributed by atoms with Gasteiger partial charge in [-0.3, -0.25) is 14.8 Å². The number of methoxy groups -OCH3 is 1. The zero-order valence-corrected chi connectivity index (χ0v) is 22.9. The lowest BCUT2D eigenvalue weighted by Crippen LogP contribution is -2.50. The van der Waals surface area contributed by atoms with Crippen molar-refractivity contribution >= 4 is 27.3 Å². The summed E-state index contributed by atoms with van der Waals surface area (Å²) in [6.07, 6.45) is 2.80. The number of aliphatic hydroxyl groups is 1. The average molecular weight is 567 g/mol. The standard InChI is InChI=1S/C28H30N4O7S/c1-28(20-8-10-22(38-2)11-9-20,27(35)31-21-6-4-5-19(15-21)26-29-13-14-39-26)30-17-25(34)18-7-12-24(33)23(16-18)32-40(3,36)37/h4-16,25,30,32-34H,17H2,1-3H3,(H,31,35)/t25-,28?/m1/s1. The van der Waals surface area contributed by atoms with Gasteiger partial charge in [0.1, 0.15) is 23.3 Å². The van der Waals surface area contributed by atoms with E-state index >= 15 is 0 Å². The van der Waals surface area contributed by atoms with Crippen molar-refractivity contribution in [3.05, 3.63) is 90.3 Å². The molecular weight excluding hydrogens is 536 g/mol. The molecule has 12 heteroatoms. The van der Waals surface area contributed by atoms with E-state index in [1.807, 2.05) is 6.07 Å². The molecule has 40 heavy (non-hydrogen) atoms. The van der Waals surface area contributed by atoms with Crippen LogP contribution in [0.3, 0.4) is 0 Å². The number of aromatic nitrogens is 1. The minimum atomic E-state index is -3.66. The van der Waals surface area contributed by atoms with Gasteiger partial charge in [0.25, 0.3) is 0 Å². The zero-order chi connectivity index (χ0) is 28.9. The average Bonchev–Trinajstić information content (AvgIpc) is 3.47. The highest BCUT2D eigenvalue weighted by atomic mass is 32.2. The van der Waals surface area contributed by atoms with Crippen LogP contribution in [0.1, 0.15) is 24.2 Å². The number of carbonyl (C=O) groups is 1. The molecule has 0 spiro atoms. The zero-order valence-electron chi connectivity index (χ0n) is 22.1. The Balaban J connectivity index is 1.59. The van der Waals surface area contributed by atoms with Gasteiger partial charge in [0.05, 0.1) is 31.4 Å². The van der Waals surface area contributed by atoms with E-state index in [9.17, 15) is 23.4 Å². The minimum absolute atomic E-state index is 0.0689. The summed E-state index contributed by atoms with van der Waals surface area (Å²) in [5.74, 6) is 0.331. The molecule has 4 aromatic rings. The van der Waals surface area contributed by atoms with E-state index in [1.165, 1.54) is 30.7 Å². The van der Waals surface area contributed by atoms with Gasteiger partial charge in [0.2, 0.25) is 21.8 Å². The second-order valence-corrected chi connectivity index (χ2v) is 11.0. The normalized spacial score (nSPS) is 13.7. The summed E-state index contributed by atoms with van der Waals surface area (Å²) in [6, 6.07) is 18.1. The fourth-order valence-electron chi connectivity index (χ4n) is 4.05. The topological polar surface area (TPSA) is 163 Å². The Morgan fingerprint density at radius 3 is 2.52 bits per heavy atom. The van der Waals surface area contributed by atoms with Crippen LogP contribution in [0.5, 0.6) is 11.5 Å². The van der Waals surface area contributed by atoms with Crippen LogP contribution in [0.25, 0.3) is 11.5 Å². The van der Waals surface area contributed by atoms with Gasteiger partial charge < -0.3 is 24.7 Å². The van der Waals surface area contributed by atoms with Gasteiger partial charge >= 0.3 is 0 Å². The number of amides is 1. The first kappa shape index (κ1) is 28.6. The Hall–Kier alpha value is -4.39. The van der Waals surface area contributed by atoms with Gasteiger partial charge in [0.15, 0.2) is 0 Å². The van der Waals surface area contributed by atoms with Crippen LogP contribution in [0.4, 0.5) is 11.4 Å². The van der Waals surface area contributed by atoms with Crippen molar-refractivity contribution in [1.82, 2.24) is 10.3 Å². The molecule has 11 nitrogen and oxygen atoms in total. The van der Waals surface area contributed by atoms with Gasteiger partial charge in [-0.1, -0.05) is 24.3 Å². The second kappa shape index (κ2) is 11.8. The molecule has 4 rings (SSSR count). The number of oxazole rings is 1. The van der Waals surface area contributed by atoms with Crippen LogP contribution >= 0.6 is 0 Å². The van der Waals surface area contributed by atoms with Crippen molar-refractivity contribution in [2.45, 2.75) is 18.6 Å². The Morgan fingerprint density at radius 2 is 1.88 bits per heavy atom. The lowest BCUT2D eigenvalue weighted by Gasteiger charge is -2.31. The molecule has 1 amide bonds. The Labute approximate surface area is 231 Å². The van der Waals surface area contributed by atoms with Crippen molar-refractivity contribution in [3.63, 3.8) is 0 Å². The molecule has 0 fully saturated rings. The second-order valence-electron chi connectivity index (χ2n) is 9.27. The fraction of sp³-hybridized carbons (Fsp3) is 0.214. The number of benzene rings is 3. The van der Waals surface area contributed by atoms with Gasteiger partial charge in [-0.15, -0.1) is 0 Å². The summed E-state index contributed by atoms with van der Waals surface area (Å²) in [7, 11) is -2.12. The third kappa shape index (κ3) is 6.78. The summed E-state index contributed by atoms with van der Waals surface area (Å²) in [5, 5.41) is 27.1. The number of carbonyl (C=O) groups excluding carboxylic acids is 1. The van der Waals surface area contributed by atoms with E-state index in [0.29, 0.717) is 34.0 Å². The SMILES string of the molecule is COc1ccc(C(C)(NC[C@@H](O)c2ccc(O)c(NS(C)(=O)=O)c2)C(=O)Nc2cccc(-c3ncco3)c2)cc1. The summed E-state index contributed by atoms with van der Waals surface area (Å²) in [6.45, 7) is 1.59. The molecule has 1 aromatic heterocycles. The maximum absolute atomic E-state index is 13.8. The largest absolute Gasteiger partial charge is 0.506 e. The fourth-order valence-corrected chi connectivity index (χ4v) is 4.61. The lowest BCUT2D eigenvalue weighted by molar-refractivity contribution is -0.122. The molecule has 0 aliphatic rings. The first-order valence-corrected chi connectivity index (χ1v) is 14.1. The summed E-state index contributed by atoms with van der Waals surface area (Å²) >= 11 is 0. The maximum atomic E-state index is 13.8. The number of hydrogen-bond donors (Lipinski definition) is 5. The van der Waals surface area contributed by atoms with Crippen molar-refractivity contribution in [3.8, 4) is 23.0 Å². The number of nitrogens with one attached hydrogen (secondary N) is 3. The van der Waals surface area contributed by atoms with E-state index in [-0.39, 0.29) is 18.0 Å². The van der Waals surface area contributed by atoms with E-state index in [0.717, 1.165) is 6.26 Å². The Morgan fingerprint density at radius 1 is 1.12 bits per heavy atom. The van der Waals surface area contributed by atoms with Crippen LogP contribution in [0.15, 0.2) is 83.6 Å². The van der Waals surface area contributed by atoms with Gasteiger partial charge in [0, 0.05) is 17.8 Å². The van der Waals surface area contributed by atoms with Gasteiger partial charge in [-0.25, -0.2) is 13.4 Å². The number of nitrogens with zero attached hydrogens (tertiary/aromatic N) is 1. The number of phenols is 1. The first-order chi connectivity index (χ1) is 19.0. The molecule has 1 heterocycles. The molecule has 0 bridgehead atoms. The molecular formula is C28H30N4O7S. The quantitative estimate of drug-likeness (QED) is 0.171. The molecule has 0 aliphatic carbocycles. The Kier molecular flexibility index (Phi) is 8.43. The summed E-state index contributed by atoms with van der Waals surface area (Å²) < 4.78 is 36.1. The van der Waals surface area contributed by atoms with Crippen molar-refractivity contribution in [2.24, 2.45) is 0 Å². The predicted molar refractivity (Wildman–Crippen MR) is 150 cm³/mol. The number of aliphatic hydroxyl groups excluding tert-OH is 1.